The van der Waals surface area contributed by atoms with E-state index in [1.165, 1.54) is 36.7 Å². The summed E-state index contributed by atoms with van der Waals surface area (Å²) in [5.74, 6) is -1.58. The third-order valence-corrected chi connectivity index (χ3v) is 2.56. The Morgan fingerprint density at radius 1 is 0.900 bits per heavy atom. The largest absolute Gasteiger partial charge is 0.351 e. The summed E-state index contributed by atoms with van der Waals surface area (Å²) in [5, 5.41) is 0. The van der Waals surface area contributed by atoms with Crippen LogP contribution >= 0.6 is 0 Å². The molecule has 0 fully saturated rings. The van der Waals surface area contributed by atoms with Crippen LogP contribution in [0.5, 0.6) is 0 Å². The number of pyridine rings is 1. The van der Waals surface area contributed by atoms with Crippen LogP contribution in [0.3, 0.4) is 0 Å². The highest BCUT2D eigenvalue weighted by atomic mass is 16.2. The fourth-order valence-electron chi connectivity index (χ4n) is 1.62. The van der Waals surface area contributed by atoms with E-state index in [0.717, 1.165) is 0 Å². The quantitative estimate of drug-likeness (QED) is 0.835. The van der Waals surface area contributed by atoms with Crippen molar-refractivity contribution >= 4 is 17.8 Å². The summed E-state index contributed by atoms with van der Waals surface area (Å²) in [5.41, 5.74) is 5.44. The van der Waals surface area contributed by atoms with Crippen molar-refractivity contribution in [2.75, 3.05) is 0 Å². The molecule has 6 nitrogen and oxygen atoms in total. The van der Waals surface area contributed by atoms with Crippen molar-refractivity contribution < 1.29 is 14.4 Å². The Labute approximate surface area is 114 Å². The predicted octanol–water partition coefficient (Wildman–Crippen LogP) is 1.44. The molecule has 2 rings (SSSR count). The lowest BCUT2D eigenvalue weighted by atomic mass is 10.2. The number of benzene rings is 1. The summed E-state index contributed by atoms with van der Waals surface area (Å²) in [4.78, 5) is 39.9. The van der Waals surface area contributed by atoms with Gasteiger partial charge in [0.25, 0.3) is 11.8 Å². The maximum absolute atomic E-state index is 12.2. The minimum absolute atomic E-state index is 0.107. The highest BCUT2D eigenvalue weighted by Gasteiger charge is 2.28. The molecule has 0 saturated carbocycles. The van der Waals surface area contributed by atoms with Crippen LogP contribution in [-0.4, -0.2) is 27.7 Å². The van der Waals surface area contributed by atoms with Crippen molar-refractivity contribution in [1.82, 2.24) is 9.88 Å². The maximum atomic E-state index is 12.2. The Morgan fingerprint density at radius 3 is 2.05 bits per heavy atom. The average Bonchev–Trinajstić information content (AvgIpc) is 2.48. The van der Waals surface area contributed by atoms with E-state index >= 15 is 0 Å². The van der Waals surface area contributed by atoms with Gasteiger partial charge in [-0.1, -0.05) is 18.2 Å². The summed E-state index contributed by atoms with van der Waals surface area (Å²) >= 11 is 0. The molecule has 20 heavy (non-hydrogen) atoms. The molecular weight excluding hydrogens is 258 g/mol. The Kier molecular flexibility index (Phi) is 3.85. The van der Waals surface area contributed by atoms with E-state index in [1.54, 1.807) is 18.2 Å². The molecule has 2 aromatic rings. The zero-order valence-corrected chi connectivity index (χ0v) is 10.4. The van der Waals surface area contributed by atoms with Gasteiger partial charge in [-0.15, -0.1) is 0 Å². The maximum Gasteiger partial charge on any atom is 0.328 e. The summed E-state index contributed by atoms with van der Waals surface area (Å²) < 4.78 is 0. The number of nitrogens with two attached hydrogens (primary N) is 1. The second-order valence-electron chi connectivity index (χ2n) is 3.89. The van der Waals surface area contributed by atoms with Crippen molar-refractivity contribution in [2.24, 2.45) is 5.73 Å². The highest BCUT2D eigenvalue weighted by molar-refractivity contribution is 6.19. The molecule has 0 aliphatic carbocycles. The van der Waals surface area contributed by atoms with Gasteiger partial charge < -0.3 is 5.73 Å². The van der Waals surface area contributed by atoms with Gasteiger partial charge in [-0.2, -0.15) is 4.90 Å². The number of rotatable bonds is 2. The minimum atomic E-state index is -1.13. The monoisotopic (exact) mass is 269 g/mol. The lowest BCUT2D eigenvalue weighted by Crippen LogP contribution is -2.45. The standard InChI is InChI=1S/C14H11N3O3/c15-14(20)17(12(18)10-5-2-1-3-6-10)13(19)11-7-4-8-16-9-11/h1-9H,(H2,15,20). The lowest BCUT2D eigenvalue weighted by molar-refractivity contribution is 0.0674. The van der Waals surface area contributed by atoms with Crippen LogP contribution in [0.2, 0.25) is 0 Å². The number of hydrogen-bond donors (Lipinski definition) is 1. The van der Waals surface area contributed by atoms with Gasteiger partial charge in [-0.25, -0.2) is 4.79 Å². The molecule has 0 spiro atoms. The number of nitrogens with zero attached hydrogens (tertiary/aromatic N) is 2. The molecule has 0 radical (unpaired) electrons. The Balaban J connectivity index is 2.36. The normalized spacial score (nSPS) is 9.80. The smallest absolute Gasteiger partial charge is 0.328 e. The van der Waals surface area contributed by atoms with Crippen molar-refractivity contribution in [3.05, 3.63) is 66.0 Å². The predicted molar refractivity (Wildman–Crippen MR) is 70.8 cm³/mol. The van der Waals surface area contributed by atoms with E-state index in [0.29, 0.717) is 4.90 Å². The van der Waals surface area contributed by atoms with E-state index < -0.39 is 17.8 Å². The summed E-state index contributed by atoms with van der Waals surface area (Å²) in [6, 6.07) is 9.80. The van der Waals surface area contributed by atoms with E-state index in [4.69, 9.17) is 5.73 Å². The number of carbonyl (C=O) groups is 3. The van der Waals surface area contributed by atoms with E-state index in [9.17, 15) is 14.4 Å². The number of imide groups is 3. The molecule has 1 heterocycles. The topological polar surface area (TPSA) is 93.4 Å². The SMILES string of the molecule is NC(=O)N(C(=O)c1ccccc1)C(=O)c1cccnc1. The molecule has 0 aliphatic rings. The van der Waals surface area contributed by atoms with Gasteiger partial charge in [-0.3, -0.25) is 14.6 Å². The molecule has 6 heteroatoms. The summed E-state index contributed by atoms with van der Waals surface area (Å²) in [6.45, 7) is 0. The minimum Gasteiger partial charge on any atom is -0.351 e. The van der Waals surface area contributed by atoms with Crippen molar-refractivity contribution in [1.29, 1.82) is 0 Å². The number of aromatic nitrogens is 1. The number of carbonyl (C=O) groups excluding carboxylic acids is 3. The zero-order valence-electron chi connectivity index (χ0n) is 10.4. The molecule has 4 amide bonds. The molecular formula is C14H11N3O3. The van der Waals surface area contributed by atoms with E-state index in [1.807, 2.05) is 0 Å². The first-order valence-electron chi connectivity index (χ1n) is 5.74. The van der Waals surface area contributed by atoms with Gasteiger partial charge >= 0.3 is 6.03 Å². The van der Waals surface area contributed by atoms with Crippen molar-refractivity contribution in [3.8, 4) is 0 Å². The van der Waals surface area contributed by atoms with Gasteiger partial charge in [-0.05, 0) is 24.3 Å². The zero-order chi connectivity index (χ0) is 14.5. The molecule has 100 valence electrons. The number of primary amides is 1. The first kappa shape index (κ1) is 13.4. The van der Waals surface area contributed by atoms with Gasteiger partial charge in [0, 0.05) is 18.0 Å². The van der Waals surface area contributed by atoms with Crippen LogP contribution in [-0.2, 0) is 0 Å². The lowest BCUT2D eigenvalue weighted by Gasteiger charge is -2.16. The Hall–Kier alpha value is -3.02. The highest BCUT2D eigenvalue weighted by Crippen LogP contribution is 2.09. The van der Waals surface area contributed by atoms with Gasteiger partial charge in [0.2, 0.25) is 0 Å². The molecule has 0 saturated heterocycles. The van der Waals surface area contributed by atoms with Gasteiger partial charge in [0.15, 0.2) is 0 Å². The average molecular weight is 269 g/mol. The van der Waals surface area contributed by atoms with Crippen LogP contribution in [0.1, 0.15) is 20.7 Å². The van der Waals surface area contributed by atoms with Crippen LogP contribution in [0.4, 0.5) is 4.79 Å². The van der Waals surface area contributed by atoms with Gasteiger partial charge in [0.05, 0.1) is 5.56 Å². The molecule has 1 aromatic heterocycles. The number of urea groups is 1. The van der Waals surface area contributed by atoms with E-state index in [2.05, 4.69) is 4.98 Å². The Morgan fingerprint density at radius 2 is 1.50 bits per heavy atom. The second-order valence-corrected chi connectivity index (χ2v) is 3.89. The van der Waals surface area contributed by atoms with E-state index in [-0.39, 0.29) is 11.1 Å². The second kappa shape index (κ2) is 5.75. The molecule has 2 N–H and O–H groups in total. The first-order valence-corrected chi connectivity index (χ1v) is 5.74. The van der Waals surface area contributed by atoms with Gasteiger partial charge in [0.1, 0.15) is 0 Å². The van der Waals surface area contributed by atoms with Crippen LogP contribution in [0.25, 0.3) is 0 Å². The third kappa shape index (κ3) is 2.69. The fraction of sp³-hybridized carbons (Fsp3) is 0. The fourth-order valence-corrected chi connectivity index (χ4v) is 1.62. The van der Waals surface area contributed by atoms with Crippen LogP contribution in [0.15, 0.2) is 54.9 Å². The van der Waals surface area contributed by atoms with Crippen molar-refractivity contribution in [3.63, 3.8) is 0 Å². The molecule has 0 unspecified atom stereocenters. The Bertz CT molecular complexity index is 590. The van der Waals surface area contributed by atoms with Crippen LogP contribution in [0, 0.1) is 0 Å². The molecule has 1 aromatic carbocycles. The number of amides is 4. The third-order valence-electron chi connectivity index (χ3n) is 2.56. The molecule has 0 bridgehead atoms. The first-order chi connectivity index (χ1) is 9.61. The summed E-state index contributed by atoms with van der Waals surface area (Å²) in [7, 11) is 0. The molecule has 0 aliphatic heterocycles. The molecule has 0 atom stereocenters. The number of hydrogen-bond acceptors (Lipinski definition) is 4. The van der Waals surface area contributed by atoms with Crippen molar-refractivity contribution in [2.45, 2.75) is 0 Å². The van der Waals surface area contributed by atoms with Crippen LogP contribution < -0.4 is 5.73 Å². The summed E-state index contributed by atoms with van der Waals surface area (Å²) in [6.07, 6.45) is 2.74.